The maximum Gasteiger partial charge on any atom is 0.137 e. The van der Waals surface area contributed by atoms with E-state index in [9.17, 15) is 9.18 Å². The quantitative estimate of drug-likeness (QED) is 0.897. The van der Waals surface area contributed by atoms with E-state index < -0.39 is 0 Å². The predicted octanol–water partition coefficient (Wildman–Crippen LogP) is 3.48. The van der Waals surface area contributed by atoms with Crippen LogP contribution < -0.4 is 5.32 Å². The van der Waals surface area contributed by atoms with Crippen molar-refractivity contribution in [1.82, 2.24) is 5.32 Å². The van der Waals surface area contributed by atoms with Gasteiger partial charge in [0, 0.05) is 17.3 Å². The lowest BCUT2D eigenvalue weighted by atomic mass is 9.92. The number of carbonyl (C=O) groups excluding carboxylic acids is 1. The zero-order chi connectivity index (χ0) is 13.7. The summed E-state index contributed by atoms with van der Waals surface area (Å²) >= 11 is 3.36. The Morgan fingerprint density at radius 3 is 3.05 bits per heavy atom. The van der Waals surface area contributed by atoms with Crippen LogP contribution in [-0.2, 0) is 11.2 Å². The van der Waals surface area contributed by atoms with Crippen molar-refractivity contribution < 1.29 is 9.18 Å². The van der Waals surface area contributed by atoms with E-state index in [0.717, 1.165) is 29.5 Å². The Labute approximate surface area is 121 Å². The van der Waals surface area contributed by atoms with Gasteiger partial charge in [0.25, 0.3) is 0 Å². The Bertz CT molecular complexity index is 444. The summed E-state index contributed by atoms with van der Waals surface area (Å²) in [5, 5.41) is 3.36. The Kier molecular flexibility index (Phi) is 5.52. The zero-order valence-corrected chi connectivity index (χ0v) is 12.5. The number of piperidine rings is 1. The van der Waals surface area contributed by atoms with Crippen LogP contribution in [0.5, 0.6) is 0 Å². The molecule has 1 atom stereocenters. The Balaban J connectivity index is 1.81. The first-order chi connectivity index (χ1) is 9.15. The molecule has 0 bridgehead atoms. The van der Waals surface area contributed by atoms with E-state index in [4.69, 9.17) is 0 Å². The standard InChI is InChI=1S/C15H19BrFNO/c16-15-6-4-13(17)8-12(15)9-14(19)5-3-11-2-1-7-18-10-11/h4,6,8,11,18H,1-3,5,7,9-10H2. The van der Waals surface area contributed by atoms with E-state index in [1.54, 1.807) is 6.07 Å². The maximum absolute atomic E-state index is 13.1. The molecule has 2 rings (SSSR count). The molecule has 1 aromatic rings. The molecule has 4 heteroatoms. The number of hydrogen-bond donors (Lipinski definition) is 1. The Morgan fingerprint density at radius 1 is 1.47 bits per heavy atom. The summed E-state index contributed by atoms with van der Waals surface area (Å²) in [6, 6.07) is 4.49. The summed E-state index contributed by atoms with van der Waals surface area (Å²) in [6.07, 6.45) is 4.27. The second kappa shape index (κ2) is 7.15. The number of carbonyl (C=O) groups is 1. The molecule has 0 spiro atoms. The highest BCUT2D eigenvalue weighted by Gasteiger charge is 2.15. The van der Waals surface area contributed by atoms with Crippen molar-refractivity contribution in [2.45, 2.75) is 32.1 Å². The third-order valence-electron chi connectivity index (χ3n) is 3.63. The van der Waals surface area contributed by atoms with Crippen LogP contribution in [0.2, 0.25) is 0 Å². The number of nitrogens with one attached hydrogen (secondary N) is 1. The molecule has 19 heavy (non-hydrogen) atoms. The molecular formula is C15H19BrFNO. The SMILES string of the molecule is O=C(CCC1CCCNC1)Cc1cc(F)ccc1Br. The molecule has 1 N–H and O–H groups in total. The van der Waals surface area contributed by atoms with Crippen molar-refractivity contribution in [2.24, 2.45) is 5.92 Å². The van der Waals surface area contributed by atoms with E-state index in [1.807, 2.05) is 0 Å². The number of ketones is 1. The lowest BCUT2D eigenvalue weighted by molar-refractivity contribution is -0.118. The molecule has 2 nitrogen and oxygen atoms in total. The van der Waals surface area contributed by atoms with Crippen molar-refractivity contribution in [1.29, 1.82) is 0 Å². The summed E-state index contributed by atoms with van der Waals surface area (Å²) in [7, 11) is 0. The van der Waals surface area contributed by atoms with Gasteiger partial charge in [0.1, 0.15) is 11.6 Å². The van der Waals surface area contributed by atoms with E-state index in [2.05, 4.69) is 21.2 Å². The molecule has 1 fully saturated rings. The van der Waals surface area contributed by atoms with E-state index in [1.165, 1.54) is 25.0 Å². The maximum atomic E-state index is 13.1. The molecule has 104 valence electrons. The highest BCUT2D eigenvalue weighted by Crippen LogP contribution is 2.21. The summed E-state index contributed by atoms with van der Waals surface area (Å²) in [5.41, 5.74) is 0.742. The van der Waals surface area contributed by atoms with E-state index in [-0.39, 0.29) is 11.6 Å². The number of Topliss-reactive ketones (excluding diaryl/α,β-unsaturated/α-hetero) is 1. The molecule has 0 amide bonds. The van der Waals surface area contributed by atoms with Gasteiger partial charge in [-0.15, -0.1) is 0 Å². The molecule has 0 aromatic heterocycles. The topological polar surface area (TPSA) is 29.1 Å². The molecule has 0 aliphatic carbocycles. The Morgan fingerprint density at radius 2 is 2.32 bits per heavy atom. The molecule has 1 aliphatic heterocycles. The molecule has 1 heterocycles. The number of rotatable bonds is 5. The highest BCUT2D eigenvalue weighted by atomic mass is 79.9. The lowest BCUT2D eigenvalue weighted by Crippen LogP contribution is -2.30. The van der Waals surface area contributed by atoms with Crippen molar-refractivity contribution in [3.05, 3.63) is 34.1 Å². The van der Waals surface area contributed by atoms with Crippen molar-refractivity contribution in [2.75, 3.05) is 13.1 Å². The fourth-order valence-electron chi connectivity index (χ4n) is 2.52. The summed E-state index contributed by atoms with van der Waals surface area (Å²) in [4.78, 5) is 12.0. The molecule has 0 radical (unpaired) electrons. The van der Waals surface area contributed by atoms with Crippen LogP contribution in [0.3, 0.4) is 0 Å². The average molecular weight is 328 g/mol. The van der Waals surface area contributed by atoms with Gasteiger partial charge in [0.05, 0.1) is 0 Å². The second-order valence-electron chi connectivity index (χ2n) is 5.20. The van der Waals surface area contributed by atoms with Gasteiger partial charge in [-0.1, -0.05) is 15.9 Å². The number of hydrogen-bond acceptors (Lipinski definition) is 2. The van der Waals surface area contributed by atoms with Crippen LogP contribution in [0.15, 0.2) is 22.7 Å². The first-order valence-electron chi connectivity index (χ1n) is 6.81. The fraction of sp³-hybridized carbons (Fsp3) is 0.533. The van der Waals surface area contributed by atoms with Crippen LogP contribution in [0.4, 0.5) is 4.39 Å². The van der Waals surface area contributed by atoms with Gasteiger partial charge >= 0.3 is 0 Å². The van der Waals surface area contributed by atoms with Gasteiger partial charge < -0.3 is 5.32 Å². The van der Waals surface area contributed by atoms with Gasteiger partial charge in [-0.3, -0.25) is 4.79 Å². The van der Waals surface area contributed by atoms with Crippen LogP contribution in [-0.4, -0.2) is 18.9 Å². The molecule has 1 aromatic carbocycles. The van der Waals surface area contributed by atoms with Gasteiger partial charge in [0.2, 0.25) is 0 Å². The molecule has 1 unspecified atom stereocenters. The first kappa shape index (κ1) is 14.7. The fourth-order valence-corrected chi connectivity index (χ4v) is 2.90. The highest BCUT2D eigenvalue weighted by molar-refractivity contribution is 9.10. The molecule has 1 saturated heterocycles. The largest absolute Gasteiger partial charge is 0.316 e. The number of halogens is 2. The van der Waals surface area contributed by atoms with Crippen LogP contribution in [0.25, 0.3) is 0 Å². The van der Waals surface area contributed by atoms with Gasteiger partial charge in [-0.2, -0.15) is 0 Å². The number of benzene rings is 1. The molecular weight excluding hydrogens is 309 g/mol. The normalized spacial score (nSPS) is 19.4. The monoisotopic (exact) mass is 327 g/mol. The Hall–Kier alpha value is -0.740. The summed E-state index contributed by atoms with van der Waals surface area (Å²) < 4.78 is 13.9. The minimum absolute atomic E-state index is 0.192. The van der Waals surface area contributed by atoms with Crippen molar-refractivity contribution in [3.63, 3.8) is 0 Å². The smallest absolute Gasteiger partial charge is 0.137 e. The third-order valence-corrected chi connectivity index (χ3v) is 4.40. The average Bonchev–Trinajstić information content (AvgIpc) is 2.42. The molecule has 0 saturated carbocycles. The van der Waals surface area contributed by atoms with E-state index >= 15 is 0 Å². The summed E-state index contributed by atoms with van der Waals surface area (Å²) in [5.74, 6) is 0.521. The minimum Gasteiger partial charge on any atom is -0.316 e. The second-order valence-corrected chi connectivity index (χ2v) is 6.06. The van der Waals surface area contributed by atoms with E-state index in [0.29, 0.717) is 18.8 Å². The van der Waals surface area contributed by atoms with Crippen molar-refractivity contribution in [3.8, 4) is 0 Å². The van der Waals surface area contributed by atoms with Gasteiger partial charge in [-0.05, 0) is 62.0 Å². The van der Waals surface area contributed by atoms with Crippen LogP contribution >= 0.6 is 15.9 Å². The van der Waals surface area contributed by atoms with Gasteiger partial charge in [-0.25, -0.2) is 4.39 Å². The minimum atomic E-state index is -0.289. The first-order valence-corrected chi connectivity index (χ1v) is 7.61. The lowest BCUT2D eigenvalue weighted by Gasteiger charge is -2.22. The third kappa shape index (κ3) is 4.69. The zero-order valence-electron chi connectivity index (χ0n) is 10.9. The van der Waals surface area contributed by atoms with Crippen molar-refractivity contribution >= 4 is 21.7 Å². The summed E-state index contributed by atoms with van der Waals surface area (Å²) in [6.45, 7) is 2.12. The molecule has 1 aliphatic rings. The predicted molar refractivity (Wildman–Crippen MR) is 77.6 cm³/mol. The van der Waals surface area contributed by atoms with Crippen LogP contribution in [0.1, 0.15) is 31.2 Å². The van der Waals surface area contributed by atoms with Crippen LogP contribution in [0, 0.1) is 11.7 Å². The van der Waals surface area contributed by atoms with Gasteiger partial charge in [0.15, 0.2) is 0 Å².